The van der Waals surface area contributed by atoms with Gasteiger partial charge in [-0.05, 0) is 17.4 Å². The molecule has 154 valence electrons. The van der Waals surface area contributed by atoms with E-state index in [1.54, 1.807) is 0 Å². The van der Waals surface area contributed by atoms with Crippen LogP contribution in [0, 0.1) is 11.8 Å². The third-order valence-electron chi connectivity index (χ3n) is 5.51. The van der Waals surface area contributed by atoms with Gasteiger partial charge in [-0.1, -0.05) is 44.2 Å². The van der Waals surface area contributed by atoms with Gasteiger partial charge in [-0.2, -0.15) is 0 Å². The number of carbonyl (C=O) groups excluding carboxylic acids is 1. The Morgan fingerprint density at radius 2 is 1.81 bits per heavy atom. The van der Waals surface area contributed by atoms with Crippen molar-refractivity contribution in [1.29, 1.82) is 0 Å². The van der Waals surface area contributed by atoms with E-state index in [2.05, 4.69) is 54.4 Å². The second-order valence-corrected chi connectivity index (χ2v) is 7.64. The van der Waals surface area contributed by atoms with E-state index in [9.17, 15) is 4.79 Å². The molecule has 0 aliphatic carbocycles. The number of nitrogens with one attached hydrogen (secondary N) is 1. The lowest BCUT2D eigenvalue weighted by Gasteiger charge is -2.46. The van der Waals surface area contributed by atoms with Gasteiger partial charge in [0.1, 0.15) is 6.10 Å². The van der Waals surface area contributed by atoms with Crippen molar-refractivity contribution in [1.82, 2.24) is 15.1 Å². The van der Waals surface area contributed by atoms with Crippen LogP contribution in [-0.2, 0) is 16.1 Å². The molecule has 0 bridgehead atoms. The standard InChI is InChI=1S/C20H31N3O2.2ClH/c1-15-12-23(14-17-7-5-4-6-8-17)13-16(2)19(15)22(3)20(24)18-11-21-9-10-25-18;;/h4-8,15-16,18-19,21H,9-14H2,1-3H3;2*1H. The van der Waals surface area contributed by atoms with Gasteiger partial charge in [-0.25, -0.2) is 0 Å². The number of benzene rings is 1. The zero-order valence-electron chi connectivity index (χ0n) is 16.5. The summed E-state index contributed by atoms with van der Waals surface area (Å²) in [6, 6.07) is 10.9. The Morgan fingerprint density at radius 3 is 2.37 bits per heavy atom. The van der Waals surface area contributed by atoms with Gasteiger partial charge in [0.2, 0.25) is 0 Å². The molecule has 1 N–H and O–H groups in total. The molecule has 7 heteroatoms. The number of likely N-dealkylation sites (tertiary alicyclic amines) is 1. The fourth-order valence-electron chi connectivity index (χ4n) is 4.50. The zero-order valence-corrected chi connectivity index (χ0v) is 18.1. The van der Waals surface area contributed by atoms with Crippen molar-refractivity contribution >= 4 is 30.7 Å². The molecular formula is C20H33Cl2N3O2. The third kappa shape index (κ3) is 6.06. The first kappa shape index (κ1) is 24.2. The molecule has 1 aromatic rings. The molecule has 3 rings (SSSR count). The van der Waals surface area contributed by atoms with Gasteiger partial charge in [0, 0.05) is 45.8 Å². The van der Waals surface area contributed by atoms with Crippen LogP contribution in [0.25, 0.3) is 0 Å². The molecular weight excluding hydrogens is 385 g/mol. The van der Waals surface area contributed by atoms with Gasteiger partial charge in [0.25, 0.3) is 5.91 Å². The number of likely N-dealkylation sites (N-methyl/N-ethyl adjacent to an activating group) is 1. The second-order valence-electron chi connectivity index (χ2n) is 7.64. The lowest BCUT2D eigenvalue weighted by Crippen LogP contribution is -2.58. The quantitative estimate of drug-likeness (QED) is 0.816. The summed E-state index contributed by atoms with van der Waals surface area (Å²) in [5, 5.41) is 3.25. The van der Waals surface area contributed by atoms with E-state index in [0.717, 1.165) is 26.2 Å². The molecule has 1 aromatic carbocycles. The maximum absolute atomic E-state index is 12.8. The van der Waals surface area contributed by atoms with E-state index in [-0.39, 0.29) is 42.9 Å². The molecule has 0 saturated carbocycles. The number of nitrogens with zero attached hydrogens (tertiary/aromatic N) is 2. The van der Waals surface area contributed by atoms with Crippen molar-refractivity contribution in [2.24, 2.45) is 11.8 Å². The molecule has 0 aromatic heterocycles. The Balaban J connectivity index is 0.00000182. The van der Waals surface area contributed by atoms with Crippen LogP contribution in [-0.4, -0.2) is 67.7 Å². The summed E-state index contributed by atoms with van der Waals surface area (Å²) in [5.74, 6) is 1.00. The Bertz CT molecular complexity index is 558. The van der Waals surface area contributed by atoms with Crippen molar-refractivity contribution in [2.45, 2.75) is 32.5 Å². The molecule has 27 heavy (non-hydrogen) atoms. The van der Waals surface area contributed by atoms with Gasteiger partial charge >= 0.3 is 0 Å². The van der Waals surface area contributed by atoms with Crippen LogP contribution in [0.1, 0.15) is 19.4 Å². The van der Waals surface area contributed by atoms with Gasteiger partial charge in [0.15, 0.2) is 0 Å². The number of hydrogen-bond donors (Lipinski definition) is 1. The highest BCUT2D eigenvalue weighted by molar-refractivity contribution is 5.85. The third-order valence-corrected chi connectivity index (χ3v) is 5.51. The van der Waals surface area contributed by atoms with E-state index in [1.165, 1.54) is 5.56 Å². The van der Waals surface area contributed by atoms with E-state index < -0.39 is 0 Å². The molecule has 1 amide bonds. The number of hydrogen-bond acceptors (Lipinski definition) is 4. The minimum atomic E-state index is -0.333. The van der Waals surface area contributed by atoms with Crippen LogP contribution in [0.15, 0.2) is 30.3 Å². The summed E-state index contributed by atoms with van der Waals surface area (Å²) in [4.78, 5) is 17.3. The highest BCUT2D eigenvalue weighted by Crippen LogP contribution is 2.28. The zero-order chi connectivity index (χ0) is 17.8. The Morgan fingerprint density at radius 1 is 1.19 bits per heavy atom. The molecule has 2 heterocycles. The fourth-order valence-corrected chi connectivity index (χ4v) is 4.50. The van der Waals surface area contributed by atoms with Gasteiger partial charge in [0.05, 0.1) is 6.61 Å². The molecule has 2 fully saturated rings. The van der Waals surface area contributed by atoms with Crippen molar-refractivity contribution in [3.63, 3.8) is 0 Å². The monoisotopic (exact) mass is 417 g/mol. The Hall–Kier alpha value is -0.850. The number of ether oxygens (including phenoxy) is 1. The maximum atomic E-state index is 12.8. The Labute approximate surface area is 175 Å². The maximum Gasteiger partial charge on any atom is 0.253 e. The van der Waals surface area contributed by atoms with Crippen LogP contribution in [0.5, 0.6) is 0 Å². The van der Waals surface area contributed by atoms with Gasteiger partial charge in [-0.15, -0.1) is 24.8 Å². The molecule has 0 radical (unpaired) electrons. The highest BCUT2D eigenvalue weighted by atomic mass is 35.5. The van der Waals surface area contributed by atoms with Crippen LogP contribution in [0.2, 0.25) is 0 Å². The smallest absolute Gasteiger partial charge is 0.253 e. The SMILES string of the molecule is CC1CN(Cc2ccccc2)CC(C)C1N(C)C(=O)C1CNCCO1.Cl.Cl. The first-order valence-electron chi connectivity index (χ1n) is 9.41. The normalized spacial score (nSPS) is 28.6. The van der Waals surface area contributed by atoms with Crippen LogP contribution >= 0.6 is 24.8 Å². The van der Waals surface area contributed by atoms with Crippen molar-refractivity contribution in [3.8, 4) is 0 Å². The summed E-state index contributed by atoms with van der Waals surface area (Å²) in [5.41, 5.74) is 1.35. The summed E-state index contributed by atoms with van der Waals surface area (Å²) >= 11 is 0. The first-order chi connectivity index (χ1) is 12.1. The number of piperidine rings is 1. The predicted molar refractivity (Wildman–Crippen MR) is 114 cm³/mol. The average molecular weight is 418 g/mol. The summed E-state index contributed by atoms with van der Waals surface area (Å²) in [7, 11) is 1.95. The fraction of sp³-hybridized carbons (Fsp3) is 0.650. The largest absolute Gasteiger partial charge is 0.366 e. The lowest BCUT2D eigenvalue weighted by atomic mass is 9.84. The molecule has 5 nitrogen and oxygen atoms in total. The number of amides is 1. The van der Waals surface area contributed by atoms with Gasteiger partial charge < -0.3 is 15.0 Å². The molecule has 2 aliphatic rings. The van der Waals surface area contributed by atoms with E-state index in [0.29, 0.717) is 25.0 Å². The summed E-state index contributed by atoms with van der Waals surface area (Å²) in [6.45, 7) is 9.62. The number of halogens is 2. The van der Waals surface area contributed by atoms with Crippen LogP contribution < -0.4 is 5.32 Å². The van der Waals surface area contributed by atoms with E-state index in [4.69, 9.17) is 4.74 Å². The highest BCUT2D eigenvalue weighted by Gasteiger charge is 2.38. The predicted octanol–water partition coefficient (Wildman–Crippen LogP) is 2.43. The molecule has 3 unspecified atom stereocenters. The van der Waals surface area contributed by atoms with Gasteiger partial charge in [-0.3, -0.25) is 9.69 Å². The number of morpholine rings is 1. The Kier molecular flexibility index (Phi) is 10.1. The summed E-state index contributed by atoms with van der Waals surface area (Å²) in [6.07, 6.45) is -0.333. The van der Waals surface area contributed by atoms with Crippen LogP contribution in [0.4, 0.5) is 0 Å². The molecule has 2 aliphatic heterocycles. The molecule has 0 spiro atoms. The minimum Gasteiger partial charge on any atom is -0.366 e. The number of rotatable bonds is 4. The number of carbonyl (C=O) groups is 1. The topological polar surface area (TPSA) is 44.8 Å². The summed E-state index contributed by atoms with van der Waals surface area (Å²) < 4.78 is 5.66. The minimum absolute atomic E-state index is 0. The van der Waals surface area contributed by atoms with Crippen LogP contribution in [0.3, 0.4) is 0 Å². The molecule has 2 saturated heterocycles. The molecule has 3 atom stereocenters. The first-order valence-corrected chi connectivity index (χ1v) is 9.41. The van der Waals surface area contributed by atoms with E-state index >= 15 is 0 Å². The second kappa shape index (κ2) is 11.2. The average Bonchev–Trinajstić information content (AvgIpc) is 2.62. The van der Waals surface area contributed by atoms with Crippen molar-refractivity contribution in [2.75, 3.05) is 39.8 Å². The van der Waals surface area contributed by atoms with E-state index in [1.807, 2.05) is 11.9 Å². The van der Waals surface area contributed by atoms with Crippen molar-refractivity contribution < 1.29 is 9.53 Å². The lowest BCUT2D eigenvalue weighted by molar-refractivity contribution is -0.149. The van der Waals surface area contributed by atoms with Crippen molar-refractivity contribution in [3.05, 3.63) is 35.9 Å².